The van der Waals surface area contributed by atoms with Crippen molar-refractivity contribution in [1.82, 2.24) is 4.72 Å². The predicted octanol–water partition coefficient (Wildman–Crippen LogP) is 3.22. The molecule has 0 heterocycles. The Kier molecular flexibility index (Phi) is 8.11. The van der Waals surface area contributed by atoms with Crippen LogP contribution in [-0.4, -0.2) is 42.6 Å². The standard InChI is InChI=1S/C23H29N3O7S/c1-15(2)33-22-6-4-3-5-20(22)24-19-13-7-16(8-14-21(19)27)23(28)25-34(31,32)18-11-9-17(10-12-18)26(29)30/h3-6,9-12,15-16,19,21,24,27H,7-8,13-14H2,1-2H3,(H,25,28)/t16-,19+,21+/m1/s1. The molecule has 1 saturated carbocycles. The molecular weight excluding hydrogens is 462 g/mol. The highest BCUT2D eigenvalue weighted by atomic mass is 32.2. The summed E-state index contributed by atoms with van der Waals surface area (Å²) in [5, 5.41) is 24.7. The molecule has 0 radical (unpaired) electrons. The van der Waals surface area contributed by atoms with E-state index in [1.807, 2.05) is 38.1 Å². The lowest BCUT2D eigenvalue weighted by Gasteiger charge is -2.24. The summed E-state index contributed by atoms with van der Waals surface area (Å²) >= 11 is 0. The fourth-order valence-electron chi connectivity index (χ4n) is 3.89. The number of amides is 1. The zero-order chi connectivity index (χ0) is 24.9. The fourth-order valence-corrected chi connectivity index (χ4v) is 4.93. The normalized spacial score (nSPS) is 20.9. The van der Waals surface area contributed by atoms with E-state index >= 15 is 0 Å². The van der Waals surface area contributed by atoms with Gasteiger partial charge in [0, 0.05) is 18.1 Å². The third-order valence-electron chi connectivity index (χ3n) is 5.66. The highest BCUT2D eigenvalue weighted by molar-refractivity contribution is 7.90. The van der Waals surface area contributed by atoms with Gasteiger partial charge in [-0.25, -0.2) is 13.1 Å². The molecule has 0 spiro atoms. The Morgan fingerprint density at radius 3 is 2.38 bits per heavy atom. The largest absolute Gasteiger partial charge is 0.489 e. The third-order valence-corrected chi connectivity index (χ3v) is 7.02. The number of nitrogens with zero attached hydrogens (tertiary/aromatic N) is 1. The van der Waals surface area contributed by atoms with E-state index in [1.54, 1.807) is 0 Å². The quantitative estimate of drug-likeness (QED) is 0.290. The number of rotatable bonds is 8. The first-order valence-electron chi connectivity index (χ1n) is 11.1. The number of aliphatic hydroxyl groups excluding tert-OH is 1. The second-order valence-electron chi connectivity index (χ2n) is 8.55. The molecule has 10 nitrogen and oxygen atoms in total. The number of carbonyl (C=O) groups is 1. The first-order chi connectivity index (χ1) is 16.1. The molecular formula is C23H29N3O7S. The molecule has 1 fully saturated rings. The number of ether oxygens (including phenoxy) is 1. The van der Waals surface area contributed by atoms with Crippen LogP contribution in [0.2, 0.25) is 0 Å². The van der Waals surface area contributed by atoms with Gasteiger partial charge in [-0.3, -0.25) is 14.9 Å². The molecule has 34 heavy (non-hydrogen) atoms. The lowest BCUT2D eigenvalue weighted by molar-refractivity contribution is -0.384. The Hall–Kier alpha value is -3.18. The molecule has 2 aromatic rings. The van der Waals surface area contributed by atoms with E-state index in [0.29, 0.717) is 31.4 Å². The van der Waals surface area contributed by atoms with Gasteiger partial charge in [0.05, 0.1) is 33.8 Å². The number of non-ortho nitro benzene ring substituents is 1. The van der Waals surface area contributed by atoms with Crippen molar-refractivity contribution in [3.05, 3.63) is 58.6 Å². The summed E-state index contributed by atoms with van der Waals surface area (Å²) < 4.78 is 33.0. The van der Waals surface area contributed by atoms with Crippen LogP contribution in [0.4, 0.5) is 11.4 Å². The summed E-state index contributed by atoms with van der Waals surface area (Å²) in [4.78, 5) is 22.6. The van der Waals surface area contributed by atoms with Gasteiger partial charge in [-0.05, 0) is 63.8 Å². The zero-order valence-corrected chi connectivity index (χ0v) is 19.8. The Bertz CT molecular complexity index is 1120. The summed E-state index contributed by atoms with van der Waals surface area (Å²) in [6.45, 7) is 3.84. The summed E-state index contributed by atoms with van der Waals surface area (Å²) in [5.41, 5.74) is 0.492. The van der Waals surface area contributed by atoms with Crippen LogP contribution in [0, 0.1) is 16.0 Å². The van der Waals surface area contributed by atoms with Crippen LogP contribution in [0.25, 0.3) is 0 Å². The topological polar surface area (TPSA) is 148 Å². The van der Waals surface area contributed by atoms with Crippen LogP contribution in [0.3, 0.4) is 0 Å². The van der Waals surface area contributed by atoms with Crippen molar-refractivity contribution in [1.29, 1.82) is 0 Å². The predicted molar refractivity (Wildman–Crippen MR) is 126 cm³/mol. The molecule has 3 rings (SSSR count). The maximum atomic E-state index is 12.7. The third kappa shape index (κ3) is 6.45. The Morgan fingerprint density at radius 1 is 1.09 bits per heavy atom. The number of para-hydroxylation sites is 2. The van der Waals surface area contributed by atoms with Crippen molar-refractivity contribution in [2.75, 3.05) is 5.32 Å². The van der Waals surface area contributed by atoms with Crippen LogP contribution in [0.5, 0.6) is 5.75 Å². The molecule has 0 bridgehead atoms. The van der Waals surface area contributed by atoms with Crippen LogP contribution in [0.1, 0.15) is 39.5 Å². The van der Waals surface area contributed by atoms with Crippen molar-refractivity contribution >= 4 is 27.3 Å². The average molecular weight is 492 g/mol. The highest BCUT2D eigenvalue weighted by Gasteiger charge is 2.32. The van der Waals surface area contributed by atoms with Crippen molar-refractivity contribution < 1.29 is 28.0 Å². The first kappa shape index (κ1) is 25.4. The molecule has 11 heteroatoms. The van der Waals surface area contributed by atoms with Gasteiger partial charge in [-0.15, -0.1) is 0 Å². The zero-order valence-electron chi connectivity index (χ0n) is 19.0. The number of sulfonamides is 1. The number of aliphatic hydroxyl groups is 1. The lowest BCUT2D eigenvalue weighted by atomic mass is 10.00. The minimum Gasteiger partial charge on any atom is -0.489 e. The van der Waals surface area contributed by atoms with Crippen molar-refractivity contribution in [2.45, 2.75) is 62.7 Å². The summed E-state index contributed by atoms with van der Waals surface area (Å²) in [6.07, 6.45) is 0.728. The number of nitro benzene ring substituents is 1. The van der Waals surface area contributed by atoms with Gasteiger partial charge in [0.15, 0.2) is 0 Å². The van der Waals surface area contributed by atoms with Crippen molar-refractivity contribution in [3.63, 3.8) is 0 Å². The Labute approximate surface area is 198 Å². The SMILES string of the molecule is CC(C)Oc1ccccc1N[C@H]1CC[C@@H](C(=O)NS(=O)(=O)c2ccc([N+](=O)[O-])cc2)CC[C@@H]1O. The monoisotopic (exact) mass is 491 g/mol. The van der Waals surface area contributed by atoms with Crippen LogP contribution in [0.15, 0.2) is 53.4 Å². The second kappa shape index (κ2) is 10.8. The number of hydrogen-bond donors (Lipinski definition) is 3. The van der Waals surface area contributed by atoms with Gasteiger partial charge in [-0.2, -0.15) is 0 Å². The van der Waals surface area contributed by atoms with E-state index < -0.39 is 32.9 Å². The van der Waals surface area contributed by atoms with E-state index in [1.165, 1.54) is 0 Å². The van der Waals surface area contributed by atoms with E-state index in [0.717, 1.165) is 30.0 Å². The van der Waals surface area contributed by atoms with Crippen molar-refractivity contribution in [2.24, 2.45) is 5.92 Å². The van der Waals surface area contributed by atoms with Gasteiger partial charge in [0.1, 0.15) is 5.75 Å². The number of hydrogen-bond acceptors (Lipinski definition) is 8. The number of carbonyl (C=O) groups excluding carboxylic acids is 1. The highest BCUT2D eigenvalue weighted by Crippen LogP contribution is 2.31. The van der Waals surface area contributed by atoms with Crippen molar-refractivity contribution in [3.8, 4) is 5.75 Å². The van der Waals surface area contributed by atoms with E-state index in [4.69, 9.17) is 4.74 Å². The summed E-state index contributed by atoms with van der Waals surface area (Å²) in [7, 11) is -4.17. The number of nitrogens with one attached hydrogen (secondary N) is 2. The molecule has 0 saturated heterocycles. The molecule has 0 aromatic heterocycles. The Morgan fingerprint density at radius 2 is 1.74 bits per heavy atom. The van der Waals surface area contributed by atoms with E-state index in [-0.39, 0.29) is 22.7 Å². The maximum Gasteiger partial charge on any atom is 0.269 e. The second-order valence-corrected chi connectivity index (χ2v) is 10.2. The lowest BCUT2D eigenvalue weighted by Crippen LogP contribution is -2.35. The van der Waals surface area contributed by atoms with Gasteiger partial charge >= 0.3 is 0 Å². The molecule has 184 valence electrons. The van der Waals surface area contributed by atoms with E-state index in [2.05, 4.69) is 10.0 Å². The molecule has 1 aliphatic rings. The minimum atomic E-state index is -4.17. The number of nitro groups is 1. The minimum absolute atomic E-state index is 0.0206. The summed E-state index contributed by atoms with van der Waals surface area (Å²) in [6, 6.07) is 11.4. The van der Waals surface area contributed by atoms with E-state index in [9.17, 15) is 28.4 Å². The molecule has 3 atom stereocenters. The first-order valence-corrected chi connectivity index (χ1v) is 12.6. The number of benzene rings is 2. The molecule has 0 unspecified atom stereocenters. The smallest absolute Gasteiger partial charge is 0.269 e. The summed E-state index contributed by atoms with van der Waals surface area (Å²) in [5.74, 6) is -0.594. The molecule has 0 aliphatic heterocycles. The van der Waals surface area contributed by atoms with Gasteiger partial charge in [-0.1, -0.05) is 12.1 Å². The van der Waals surface area contributed by atoms with Crippen LogP contribution in [-0.2, 0) is 14.8 Å². The molecule has 3 N–H and O–H groups in total. The Balaban J connectivity index is 1.65. The number of anilines is 1. The molecule has 1 aliphatic carbocycles. The van der Waals surface area contributed by atoms with Crippen LogP contribution >= 0.6 is 0 Å². The molecule has 1 amide bonds. The van der Waals surface area contributed by atoms with Gasteiger partial charge < -0.3 is 15.2 Å². The molecule has 2 aromatic carbocycles. The maximum absolute atomic E-state index is 12.7. The fraction of sp³-hybridized carbons (Fsp3) is 0.435. The van der Waals surface area contributed by atoms with Gasteiger partial charge in [0.2, 0.25) is 5.91 Å². The van der Waals surface area contributed by atoms with Crippen LogP contribution < -0.4 is 14.8 Å². The van der Waals surface area contributed by atoms with Gasteiger partial charge in [0.25, 0.3) is 15.7 Å². The average Bonchev–Trinajstić information content (AvgIpc) is 2.96.